The Balaban J connectivity index is 1.89. The van der Waals surface area contributed by atoms with Crippen LogP contribution in [0.2, 0.25) is 5.02 Å². The smallest absolute Gasteiger partial charge is 0.342 e. The zero-order chi connectivity index (χ0) is 16.6. The van der Waals surface area contributed by atoms with Crippen molar-refractivity contribution in [2.75, 3.05) is 0 Å². The summed E-state index contributed by atoms with van der Waals surface area (Å²) in [5, 5.41) is 0.611. The SMILES string of the molecule is O=C1OC(Oc2ccc(Cl)cc2)(c2ccccc2)c2ccccc21. The normalized spacial score (nSPS) is 18.8. The van der Waals surface area contributed by atoms with Gasteiger partial charge >= 0.3 is 11.8 Å². The predicted octanol–water partition coefficient (Wildman–Crippen LogP) is 4.79. The minimum Gasteiger partial charge on any atom is -0.444 e. The van der Waals surface area contributed by atoms with Crippen LogP contribution in [0, 0.1) is 0 Å². The van der Waals surface area contributed by atoms with Crippen LogP contribution in [-0.4, -0.2) is 5.97 Å². The van der Waals surface area contributed by atoms with Crippen molar-refractivity contribution < 1.29 is 14.3 Å². The summed E-state index contributed by atoms with van der Waals surface area (Å²) in [5.41, 5.74) is 1.95. The minimum absolute atomic E-state index is 0.400. The summed E-state index contributed by atoms with van der Waals surface area (Å²) in [5.74, 6) is -1.14. The zero-order valence-corrected chi connectivity index (χ0v) is 13.4. The fourth-order valence-corrected chi connectivity index (χ4v) is 2.99. The molecule has 0 radical (unpaired) electrons. The molecule has 0 fully saturated rings. The van der Waals surface area contributed by atoms with Crippen molar-refractivity contribution in [1.82, 2.24) is 0 Å². The van der Waals surface area contributed by atoms with Crippen molar-refractivity contribution in [3.8, 4) is 5.75 Å². The maximum absolute atomic E-state index is 12.4. The molecule has 0 aromatic heterocycles. The Kier molecular flexibility index (Phi) is 3.51. The van der Waals surface area contributed by atoms with Gasteiger partial charge in [0.1, 0.15) is 5.75 Å². The molecule has 4 rings (SSSR count). The van der Waals surface area contributed by atoms with Crippen LogP contribution in [0.5, 0.6) is 5.75 Å². The number of benzene rings is 3. The summed E-state index contributed by atoms with van der Waals surface area (Å²) >= 11 is 5.94. The van der Waals surface area contributed by atoms with Gasteiger partial charge in [-0.25, -0.2) is 4.79 Å². The molecule has 1 unspecified atom stereocenters. The third-order valence-corrected chi connectivity index (χ3v) is 4.22. The minimum atomic E-state index is -1.30. The molecule has 24 heavy (non-hydrogen) atoms. The molecule has 3 aromatic rings. The molecule has 0 N–H and O–H groups in total. The van der Waals surface area contributed by atoms with Gasteiger partial charge in [-0.2, -0.15) is 0 Å². The first kappa shape index (κ1) is 14.8. The number of esters is 1. The largest absolute Gasteiger partial charge is 0.444 e. The van der Waals surface area contributed by atoms with Crippen LogP contribution in [0.4, 0.5) is 0 Å². The monoisotopic (exact) mass is 336 g/mol. The number of fused-ring (bicyclic) bond motifs is 1. The number of ether oxygens (including phenoxy) is 2. The highest BCUT2D eigenvalue weighted by atomic mass is 35.5. The predicted molar refractivity (Wildman–Crippen MR) is 91.2 cm³/mol. The number of rotatable bonds is 3. The Morgan fingerprint density at radius 3 is 2.25 bits per heavy atom. The van der Waals surface area contributed by atoms with Crippen LogP contribution in [0.1, 0.15) is 21.5 Å². The Hall–Kier alpha value is -2.78. The van der Waals surface area contributed by atoms with Crippen molar-refractivity contribution >= 4 is 17.6 Å². The van der Waals surface area contributed by atoms with E-state index in [0.717, 1.165) is 5.56 Å². The van der Waals surface area contributed by atoms with Gasteiger partial charge in [-0.05, 0) is 36.4 Å². The fourth-order valence-electron chi connectivity index (χ4n) is 2.86. The van der Waals surface area contributed by atoms with E-state index in [1.807, 2.05) is 48.5 Å². The van der Waals surface area contributed by atoms with Crippen LogP contribution < -0.4 is 4.74 Å². The van der Waals surface area contributed by atoms with E-state index in [1.54, 1.807) is 30.3 Å². The second-order valence-electron chi connectivity index (χ2n) is 5.47. The molecule has 0 aliphatic carbocycles. The average Bonchev–Trinajstić information content (AvgIpc) is 2.91. The Labute approximate surface area is 144 Å². The van der Waals surface area contributed by atoms with Gasteiger partial charge in [-0.1, -0.05) is 54.1 Å². The summed E-state index contributed by atoms with van der Waals surface area (Å²) in [4.78, 5) is 12.4. The van der Waals surface area contributed by atoms with E-state index in [1.165, 1.54) is 0 Å². The lowest BCUT2D eigenvalue weighted by atomic mass is 9.95. The first-order valence-corrected chi connectivity index (χ1v) is 7.90. The Morgan fingerprint density at radius 2 is 1.50 bits per heavy atom. The number of hydrogen-bond donors (Lipinski definition) is 0. The Morgan fingerprint density at radius 1 is 0.833 bits per heavy atom. The van der Waals surface area contributed by atoms with E-state index in [0.29, 0.717) is 21.9 Å². The van der Waals surface area contributed by atoms with E-state index in [-0.39, 0.29) is 0 Å². The van der Waals surface area contributed by atoms with E-state index < -0.39 is 11.8 Å². The summed E-state index contributed by atoms with van der Waals surface area (Å²) in [6.07, 6.45) is 0. The van der Waals surface area contributed by atoms with Crippen LogP contribution in [0.25, 0.3) is 0 Å². The van der Waals surface area contributed by atoms with Gasteiger partial charge in [0.15, 0.2) is 0 Å². The molecular weight excluding hydrogens is 324 g/mol. The lowest BCUT2D eigenvalue weighted by Crippen LogP contribution is -2.34. The fraction of sp³-hybridized carbons (Fsp3) is 0.0500. The van der Waals surface area contributed by atoms with Crippen LogP contribution in [0.15, 0.2) is 78.9 Å². The molecule has 1 aliphatic rings. The average molecular weight is 337 g/mol. The molecule has 3 nitrogen and oxygen atoms in total. The topological polar surface area (TPSA) is 35.5 Å². The van der Waals surface area contributed by atoms with Gasteiger partial charge in [0, 0.05) is 10.6 Å². The molecule has 0 bridgehead atoms. The van der Waals surface area contributed by atoms with Crippen LogP contribution in [0.3, 0.4) is 0 Å². The Bertz CT molecular complexity index is 890. The third kappa shape index (κ3) is 2.34. The molecule has 0 saturated carbocycles. The standard InChI is InChI=1S/C20H13ClO3/c21-15-10-12-16(13-11-15)23-20(14-6-2-1-3-7-14)18-9-5-4-8-17(18)19(22)24-20/h1-13H. The van der Waals surface area contributed by atoms with Gasteiger partial charge in [0.05, 0.1) is 11.1 Å². The quantitative estimate of drug-likeness (QED) is 0.645. The van der Waals surface area contributed by atoms with Crippen LogP contribution in [-0.2, 0) is 10.5 Å². The van der Waals surface area contributed by atoms with Crippen molar-refractivity contribution in [1.29, 1.82) is 0 Å². The third-order valence-electron chi connectivity index (χ3n) is 3.97. The molecule has 1 aliphatic heterocycles. The zero-order valence-electron chi connectivity index (χ0n) is 12.6. The first-order chi connectivity index (χ1) is 11.7. The molecule has 4 heteroatoms. The lowest BCUT2D eigenvalue weighted by molar-refractivity contribution is -0.108. The molecule has 0 amide bonds. The molecule has 1 heterocycles. The van der Waals surface area contributed by atoms with Crippen molar-refractivity contribution in [3.63, 3.8) is 0 Å². The second-order valence-corrected chi connectivity index (χ2v) is 5.91. The summed E-state index contributed by atoms with van der Waals surface area (Å²) in [6.45, 7) is 0. The van der Waals surface area contributed by atoms with E-state index in [9.17, 15) is 4.79 Å². The molecule has 118 valence electrons. The number of carbonyl (C=O) groups is 1. The first-order valence-electron chi connectivity index (χ1n) is 7.52. The molecule has 0 saturated heterocycles. The molecule has 3 aromatic carbocycles. The van der Waals surface area contributed by atoms with E-state index in [2.05, 4.69) is 0 Å². The molecule has 0 spiro atoms. The highest BCUT2D eigenvalue weighted by Crippen LogP contribution is 2.43. The maximum atomic E-state index is 12.4. The highest BCUT2D eigenvalue weighted by molar-refractivity contribution is 6.30. The van der Waals surface area contributed by atoms with Gasteiger partial charge in [-0.15, -0.1) is 0 Å². The van der Waals surface area contributed by atoms with Crippen molar-refractivity contribution in [3.05, 3.63) is 101 Å². The summed E-state index contributed by atoms with van der Waals surface area (Å²) in [7, 11) is 0. The van der Waals surface area contributed by atoms with E-state index >= 15 is 0 Å². The maximum Gasteiger partial charge on any atom is 0.342 e. The van der Waals surface area contributed by atoms with Gasteiger partial charge in [0.25, 0.3) is 0 Å². The van der Waals surface area contributed by atoms with E-state index in [4.69, 9.17) is 21.1 Å². The van der Waals surface area contributed by atoms with Crippen molar-refractivity contribution in [2.24, 2.45) is 0 Å². The van der Waals surface area contributed by atoms with Gasteiger partial charge in [0.2, 0.25) is 0 Å². The molecule has 1 atom stereocenters. The van der Waals surface area contributed by atoms with Crippen LogP contribution >= 0.6 is 11.6 Å². The number of hydrogen-bond acceptors (Lipinski definition) is 3. The number of cyclic esters (lactones) is 1. The highest BCUT2D eigenvalue weighted by Gasteiger charge is 2.49. The summed E-state index contributed by atoms with van der Waals surface area (Å²) in [6, 6.07) is 23.7. The summed E-state index contributed by atoms with van der Waals surface area (Å²) < 4.78 is 11.9. The lowest BCUT2D eigenvalue weighted by Gasteiger charge is -2.30. The second kappa shape index (κ2) is 5.69. The van der Waals surface area contributed by atoms with Crippen molar-refractivity contribution in [2.45, 2.75) is 5.79 Å². The van der Waals surface area contributed by atoms with Gasteiger partial charge in [-0.3, -0.25) is 0 Å². The van der Waals surface area contributed by atoms with Gasteiger partial charge < -0.3 is 9.47 Å². The molecular formula is C20H13ClO3. The number of carbonyl (C=O) groups excluding carboxylic acids is 1. The number of halogens is 1.